The van der Waals surface area contributed by atoms with Crippen LogP contribution in [0.2, 0.25) is 0 Å². The van der Waals surface area contributed by atoms with Gasteiger partial charge in [-0.15, -0.1) is 0 Å². The van der Waals surface area contributed by atoms with Crippen molar-refractivity contribution < 1.29 is 23.0 Å². The summed E-state index contributed by atoms with van der Waals surface area (Å²) in [5.74, 6) is 0.769. The summed E-state index contributed by atoms with van der Waals surface area (Å²) in [4.78, 5) is 2.22. The zero-order chi connectivity index (χ0) is 20.1. The van der Waals surface area contributed by atoms with E-state index in [1.165, 1.54) is 0 Å². The van der Waals surface area contributed by atoms with E-state index < -0.39 is 13.0 Å². The third-order valence-corrected chi connectivity index (χ3v) is 4.98. The summed E-state index contributed by atoms with van der Waals surface area (Å²) in [5.41, 5.74) is 3.99. The van der Waals surface area contributed by atoms with Crippen molar-refractivity contribution in [3.8, 4) is 11.4 Å². The van der Waals surface area contributed by atoms with Crippen LogP contribution in [-0.4, -0.2) is 67.7 Å². The van der Waals surface area contributed by atoms with Crippen LogP contribution in [0.3, 0.4) is 0 Å². The summed E-state index contributed by atoms with van der Waals surface area (Å²) in [5, 5.41) is 4.73. The first-order valence-corrected chi connectivity index (χ1v) is 9.39. The van der Waals surface area contributed by atoms with E-state index in [9.17, 15) is 8.78 Å². The van der Waals surface area contributed by atoms with Crippen LogP contribution in [0.15, 0.2) is 24.3 Å². The zero-order valence-corrected chi connectivity index (χ0v) is 16.5. The lowest BCUT2D eigenvalue weighted by atomic mass is 10.0. The molecule has 0 saturated carbocycles. The van der Waals surface area contributed by atoms with Crippen molar-refractivity contribution in [1.82, 2.24) is 14.7 Å². The molecule has 28 heavy (non-hydrogen) atoms. The predicted molar refractivity (Wildman–Crippen MR) is 102 cm³/mol. The van der Waals surface area contributed by atoms with E-state index >= 15 is 0 Å². The third-order valence-electron chi connectivity index (χ3n) is 4.98. The van der Waals surface area contributed by atoms with Gasteiger partial charge in [-0.2, -0.15) is 5.10 Å². The van der Waals surface area contributed by atoms with Gasteiger partial charge in [0.15, 0.2) is 0 Å². The Hall–Kier alpha value is -2.03. The maximum Gasteiger partial charge on any atom is 0.261 e. The first-order valence-electron chi connectivity index (χ1n) is 9.39. The molecular formula is C20H27F2N3O3. The Bertz CT molecular complexity index is 782. The number of methoxy groups -OCH3 is 1. The zero-order valence-electron chi connectivity index (χ0n) is 16.5. The molecule has 0 aliphatic carbocycles. The minimum Gasteiger partial charge on any atom is -0.497 e. The molecule has 1 aromatic heterocycles. The molecule has 3 rings (SSSR count). The molecule has 2 aromatic rings. The van der Waals surface area contributed by atoms with Gasteiger partial charge in [-0.1, -0.05) is 6.07 Å². The number of halogens is 2. The van der Waals surface area contributed by atoms with Gasteiger partial charge >= 0.3 is 0 Å². The maximum absolute atomic E-state index is 12.3. The predicted octanol–water partition coefficient (Wildman–Crippen LogP) is 3.15. The highest BCUT2D eigenvalue weighted by atomic mass is 19.3. The van der Waals surface area contributed by atoms with Gasteiger partial charge < -0.3 is 14.2 Å². The fourth-order valence-electron chi connectivity index (χ4n) is 3.66. The second-order valence-electron chi connectivity index (χ2n) is 6.79. The molecule has 1 atom stereocenters. The standard InChI is InChI=1S/C20H27F2N3O3/c1-14-20(15(2)25(23-14)16-5-4-6-17(11-16)26-3)18-12-27-9-7-24(18)8-10-28-13-19(21)22/h4-6,11,18-19H,7-10,12-13H2,1-3H3. The fraction of sp³-hybridized carbons (Fsp3) is 0.550. The Morgan fingerprint density at radius 2 is 2.14 bits per heavy atom. The van der Waals surface area contributed by atoms with Crippen LogP contribution in [0.1, 0.15) is 23.0 Å². The van der Waals surface area contributed by atoms with Crippen molar-refractivity contribution in [2.24, 2.45) is 0 Å². The number of hydrogen-bond acceptors (Lipinski definition) is 5. The molecule has 0 spiro atoms. The molecule has 0 amide bonds. The maximum atomic E-state index is 12.3. The Balaban J connectivity index is 1.81. The van der Waals surface area contributed by atoms with E-state index in [1.807, 2.05) is 42.8 Å². The van der Waals surface area contributed by atoms with E-state index in [1.54, 1.807) is 7.11 Å². The number of rotatable bonds is 8. The number of morpholine rings is 1. The highest BCUT2D eigenvalue weighted by molar-refractivity contribution is 5.42. The summed E-state index contributed by atoms with van der Waals surface area (Å²) >= 11 is 0. The molecule has 0 radical (unpaired) electrons. The monoisotopic (exact) mass is 395 g/mol. The highest BCUT2D eigenvalue weighted by Crippen LogP contribution is 2.31. The molecular weight excluding hydrogens is 368 g/mol. The number of hydrogen-bond donors (Lipinski definition) is 0. The highest BCUT2D eigenvalue weighted by Gasteiger charge is 2.29. The Kier molecular flexibility index (Phi) is 6.98. The van der Waals surface area contributed by atoms with E-state index in [-0.39, 0.29) is 12.6 Å². The van der Waals surface area contributed by atoms with Gasteiger partial charge in [0, 0.05) is 30.4 Å². The number of nitrogens with zero attached hydrogens (tertiary/aromatic N) is 3. The minimum absolute atomic E-state index is 0.0169. The summed E-state index contributed by atoms with van der Waals surface area (Å²) in [6, 6.07) is 7.77. The van der Waals surface area contributed by atoms with Crippen molar-refractivity contribution in [1.29, 1.82) is 0 Å². The number of alkyl halides is 2. The molecule has 1 saturated heterocycles. The molecule has 0 N–H and O–H groups in total. The number of aromatic nitrogens is 2. The topological polar surface area (TPSA) is 48.8 Å². The van der Waals surface area contributed by atoms with Gasteiger partial charge in [0.25, 0.3) is 6.43 Å². The minimum atomic E-state index is -2.44. The summed E-state index contributed by atoms with van der Waals surface area (Å²) in [7, 11) is 1.64. The molecule has 2 heterocycles. The molecule has 0 bridgehead atoms. The van der Waals surface area contributed by atoms with Gasteiger partial charge in [0.05, 0.1) is 44.4 Å². The molecule has 1 fully saturated rings. The van der Waals surface area contributed by atoms with Crippen molar-refractivity contribution in [3.63, 3.8) is 0 Å². The Labute approximate surface area is 164 Å². The molecule has 154 valence electrons. The molecule has 1 aliphatic heterocycles. The van der Waals surface area contributed by atoms with Gasteiger partial charge in [-0.3, -0.25) is 4.90 Å². The SMILES string of the molecule is COc1cccc(-n2nc(C)c(C3COCCN3CCOCC(F)F)c2C)c1. The lowest BCUT2D eigenvalue weighted by Crippen LogP contribution is -2.41. The van der Waals surface area contributed by atoms with E-state index in [0.29, 0.717) is 19.8 Å². The van der Waals surface area contributed by atoms with Crippen LogP contribution in [0, 0.1) is 13.8 Å². The van der Waals surface area contributed by atoms with Crippen molar-refractivity contribution in [2.75, 3.05) is 46.6 Å². The number of benzene rings is 1. The van der Waals surface area contributed by atoms with Crippen LogP contribution in [0.5, 0.6) is 5.75 Å². The lowest BCUT2D eigenvalue weighted by Gasteiger charge is -2.35. The van der Waals surface area contributed by atoms with Crippen molar-refractivity contribution >= 4 is 0 Å². The van der Waals surface area contributed by atoms with Gasteiger partial charge in [-0.05, 0) is 26.0 Å². The first kappa shape index (κ1) is 20.7. The molecule has 6 nitrogen and oxygen atoms in total. The normalized spacial score (nSPS) is 18.0. The van der Waals surface area contributed by atoms with Crippen molar-refractivity contribution in [3.05, 3.63) is 41.2 Å². The average molecular weight is 395 g/mol. The molecule has 1 unspecified atom stereocenters. The first-order chi connectivity index (χ1) is 13.5. The summed E-state index contributed by atoms with van der Waals surface area (Å²) in [6.07, 6.45) is -2.44. The van der Waals surface area contributed by atoms with E-state index in [0.717, 1.165) is 34.9 Å². The molecule has 1 aromatic carbocycles. The summed E-state index contributed by atoms with van der Waals surface area (Å²) < 4.78 is 42.6. The van der Waals surface area contributed by atoms with Gasteiger partial charge in [0.1, 0.15) is 12.4 Å². The third kappa shape index (κ3) is 4.68. The quantitative estimate of drug-likeness (QED) is 0.643. The van der Waals surface area contributed by atoms with Crippen LogP contribution in [0.4, 0.5) is 8.78 Å². The van der Waals surface area contributed by atoms with Gasteiger partial charge in [0.2, 0.25) is 0 Å². The van der Waals surface area contributed by atoms with E-state index in [4.69, 9.17) is 19.3 Å². The van der Waals surface area contributed by atoms with Crippen LogP contribution < -0.4 is 4.74 Å². The van der Waals surface area contributed by atoms with Gasteiger partial charge in [-0.25, -0.2) is 13.5 Å². The smallest absolute Gasteiger partial charge is 0.261 e. The summed E-state index contributed by atoms with van der Waals surface area (Å²) in [6.45, 7) is 6.22. The largest absolute Gasteiger partial charge is 0.497 e. The average Bonchev–Trinajstić information content (AvgIpc) is 2.99. The number of ether oxygens (including phenoxy) is 3. The van der Waals surface area contributed by atoms with Crippen LogP contribution in [0.25, 0.3) is 5.69 Å². The Morgan fingerprint density at radius 3 is 2.89 bits per heavy atom. The second-order valence-corrected chi connectivity index (χ2v) is 6.79. The van der Waals surface area contributed by atoms with Crippen molar-refractivity contribution in [2.45, 2.75) is 26.3 Å². The fourth-order valence-corrected chi connectivity index (χ4v) is 3.66. The van der Waals surface area contributed by atoms with Crippen LogP contribution >= 0.6 is 0 Å². The molecule has 1 aliphatic rings. The molecule has 8 heteroatoms. The van der Waals surface area contributed by atoms with Crippen LogP contribution in [-0.2, 0) is 9.47 Å². The Morgan fingerprint density at radius 1 is 1.32 bits per heavy atom. The lowest BCUT2D eigenvalue weighted by molar-refractivity contribution is -0.0340. The second kappa shape index (κ2) is 9.45. The number of aryl methyl sites for hydroxylation is 1. The van der Waals surface area contributed by atoms with E-state index in [2.05, 4.69) is 4.90 Å².